The van der Waals surface area contributed by atoms with Crippen molar-refractivity contribution in [2.24, 2.45) is 5.73 Å². The Bertz CT molecular complexity index is 380. The first-order valence-corrected chi connectivity index (χ1v) is 5.61. The summed E-state index contributed by atoms with van der Waals surface area (Å²) in [6.07, 6.45) is 0.865. The second kappa shape index (κ2) is 4.76. The lowest BCUT2D eigenvalue weighted by atomic mass is 10.1. The maximum atomic E-state index is 5.60. The third kappa shape index (κ3) is 2.31. The summed E-state index contributed by atoms with van der Waals surface area (Å²) in [5.41, 5.74) is 7.78. The molecule has 0 aliphatic carbocycles. The molecule has 5 heteroatoms. The normalized spacial score (nSPS) is 16.7. The Kier molecular flexibility index (Phi) is 3.36. The number of hydrogen-bond acceptors (Lipinski definition) is 5. The van der Waals surface area contributed by atoms with Gasteiger partial charge in [0.05, 0.1) is 18.9 Å². The standard InChI is InChI=1S/C11H18N4O/c1-7(5-12)13-11-9-6-16-4-3-10(9)14-8(2)15-11/h7H,3-6,12H2,1-2H3,(H,13,14,15). The monoisotopic (exact) mass is 222 g/mol. The first-order chi connectivity index (χ1) is 7.70. The number of nitrogens with zero attached hydrogens (tertiary/aromatic N) is 2. The SMILES string of the molecule is Cc1nc2c(c(NC(C)CN)n1)COCC2. The Balaban J connectivity index is 2.31. The second-order valence-corrected chi connectivity index (χ2v) is 4.13. The number of nitrogens with two attached hydrogens (primary N) is 1. The summed E-state index contributed by atoms with van der Waals surface area (Å²) in [5, 5.41) is 3.30. The van der Waals surface area contributed by atoms with Crippen molar-refractivity contribution < 1.29 is 4.74 Å². The van der Waals surface area contributed by atoms with Gasteiger partial charge in [-0.1, -0.05) is 0 Å². The van der Waals surface area contributed by atoms with Gasteiger partial charge in [-0.15, -0.1) is 0 Å². The van der Waals surface area contributed by atoms with Crippen LogP contribution in [0.5, 0.6) is 0 Å². The number of hydrogen-bond donors (Lipinski definition) is 2. The van der Waals surface area contributed by atoms with E-state index >= 15 is 0 Å². The lowest BCUT2D eigenvalue weighted by Gasteiger charge is -2.21. The highest BCUT2D eigenvalue weighted by molar-refractivity contribution is 5.47. The molecule has 1 aromatic heterocycles. The molecule has 2 heterocycles. The fourth-order valence-electron chi connectivity index (χ4n) is 1.77. The molecule has 0 saturated heterocycles. The highest BCUT2D eigenvalue weighted by Crippen LogP contribution is 2.22. The Hall–Kier alpha value is -1.20. The molecule has 0 fully saturated rings. The molecule has 1 atom stereocenters. The van der Waals surface area contributed by atoms with Gasteiger partial charge in [0, 0.05) is 24.6 Å². The maximum absolute atomic E-state index is 5.60. The molecule has 1 aromatic rings. The van der Waals surface area contributed by atoms with Crippen LogP contribution < -0.4 is 11.1 Å². The predicted octanol–water partition coefficient (Wildman–Crippen LogP) is 0.617. The van der Waals surface area contributed by atoms with E-state index < -0.39 is 0 Å². The summed E-state index contributed by atoms with van der Waals surface area (Å²) in [6.45, 7) is 5.87. The molecule has 0 spiro atoms. The maximum Gasteiger partial charge on any atom is 0.135 e. The van der Waals surface area contributed by atoms with Crippen LogP contribution in [0.1, 0.15) is 24.0 Å². The summed E-state index contributed by atoms with van der Waals surface area (Å²) in [5.74, 6) is 1.67. The first kappa shape index (κ1) is 11.3. The number of fused-ring (bicyclic) bond motifs is 1. The zero-order chi connectivity index (χ0) is 11.5. The summed E-state index contributed by atoms with van der Waals surface area (Å²) in [6, 6.07) is 0.209. The van der Waals surface area contributed by atoms with Gasteiger partial charge in [-0.3, -0.25) is 0 Å². The van der Waals surface area contributed by atoms with Gasteiger partial charge in [0.25, 0.3) is 0 Å². The third-order valence-electron chi connectivity index (χ3n) is 2.67. The number of aryl methyl sites for hydroxylation is 1. The van der Waals surface area contributed by atoms with Crippen molar-refractivity contribution in [3.8, 4) is 0 Å². The fourth-order valence-corrected chi connectivity index (χ4v) is 1.77. The van der Waals surface area contributed by atoms with Crippen molar-refractivity contribution >= 4 is 5.82 Å². The Labute approximate surface area is 95.4 Å². The average Bonchev–Trinajstić information content (AvgIpc) is 2.28. The van der Waals surface area contributed by atoms with Crippen molar-refractivity contribution in [2.75, 3.05) is 18.5 Å². The highest BCUT2D eigenvalue weighted by atomic mass is 16.5. The van der Waals surface area contributed by atoms with Gasteiger partial charge in [-0.25, -0.2) is 9.97 Å². The van der Waals surface area contributed by atoms with Crippen molar-refractivity contribution in [1.29, 1.82) is 0 Å². The van der Waals surface area contributed by atoms with E-state index in [2.05, 4.69) is 15.3 Å². The summed E-state index contributed by atoms with van der Waals surface area (Å²) in [7, 11) is 0. The predicted molar refractivity (Wildman–Crippen MR) is 62.3 cm³/mol. The minimum absolute atomic E-state index is 0.209. The number of nitrogens with one attached hydrogen (secondary N) is 1. The topological polar surface area (TPSA) is 73.1 Å². The van der Waals surface area contributed by atoms with E-state index in [0.717, 1.165) is 35.9 Å². The van der Waals surface area contributed by atoms with Gasteiger partial charge in [0.15, 0.2) is 0 Å². The molecule has 5 nitrogen and oxygen atoms in total. The molecule has 2 rings (SSSR count). The van der Waals surface area contributed by atoms with Crippen LogP contribution in [-0.4, -0.2) is 29.2 Å². The molecule has 0 aromatic carbocycles. The van der Waals surface area contributed by atoms with Crippen molar-refractivity contribution in [2.45, 2.75) is 32.9 Å². The Morgan fingerprint density at radius 1 is 1.50 bits per heavy atom. The lowest BCUT2D eigenvalue weighted by Crippen LogP contribution is -2.27. The smallest absolute Gasteiger partial charge is 0.135 e. The number of aromatic nitrogens is 2. The molecule has 1 aliphatic heterocycles. The van der Waals surface area contributed by atoms with Crippen LogP contribution in [0, 0.1) is 6.92 Å². The van der Waals surface area contributed by atoms with Gasteiger partial charge in [0.1, 0.15) is 11.6 Å². The van der Waals surface area contributed by atoms with E-state index in [9.17, 15) is 0 Å². The molecule has 1 aliphatic rings. The minimum atomic E-state index is 0.209. The molecule has 1 unspecified atom stereocenters. The van der Waals surface area contributed by atoms with Crippen LogP contribution >= 0.6 is 0 Å². The van der Waals surface area contributed by atoms with Gasteiger partial charge in [0.2, 0.25) is 0 Å². The van der Waals surface area contributed by atoms with Crippen molar-refractivity contribution in [3.63, 3.8) is 0 Å². The third-order valence-corrected chi connectivity index (χ3v) is 2.67. The van der Waals surface area contributed by atoms with E-state index in [-0.39, 0.29) is 6.04 Å². The number of ether oxygens (including phenoxy) is 1. The second-order valence-electron chi connectivity index (χ2n) is 4.13. The first-order valence-electron chi connectivity index (χ1n) is 5.61. The van der Waals surface area contributed by atoms with Crippen LogP contribution in [0.25, 0.3) is 0 Å². The Morgan fingerprint density at radius 3 is 3.06 bits per heavy atom. The quantitative estimate of drug-likeness (QED) is 0.784. The van der Waals surface area contributed by atoms with E-state index in [1.54, 1.807) is 0 Å². The fraction of sp³-hybridized carbons (Fsp3) is 0.636. The van der Waals surface area contributed by atoms with E-state index in [0.29, 0.717) is 13.2 Å². The van der Waals surface area contributed by atoms with Crippen LogP contribution in [0.4, 0.5) is 5.82 Å². The Morgan fingerprint density at radius 2 is 2.31 bits per heavy atom. The van der Waals surface area contributed by atoms with E-state index in [4.69, 9.17) is 10.5 Å². The van der Waals surface area contributed by atoms with E-state index in [1.165, 1.54) is 0 Å². The van der Waals surface area contributed by atoms with Gasteiger partial charge >= 0.3 is 0 Å². The molecule has 0 amide bonds. The van der Waals surface area contributed by atoms with Crippen LogP contribution in [0.15, 0.2) is 0 Å². The molecular formula is C11H18N4O. The molecule has 0 radical (unpaired) electrons. The van der Waals surface area contributed by atoms with Crippen molar-refractivity contribution in [3.05, 3.63) is 17.1 Å². The average molecular weight is 222 g/mol. The molecule has 3 N–H and O–H groups in total. The summed E-state index contributed by atoms with van der Waals surface area (Å²) < 4.78 is 5.44. The molecule has 16 heavy (non-hydrogen) atoms. The molecule has 88 valence electrons. The largest absolute Gasteiger partial charge is 0.376 e. The van der Waals surface area contributed by atoms with Gasteiger partial charge < -0.3 is 15.8 Å². The van der Waals surface area contributed by atoms with Gasteiger partial charge in [-0.05, 0) is 13.8 Å². The van der Waals surface area contributed by atoms with E-state index in [1.807, 2.05) is 13.8 Å². The minimum Gasteiger partial charge on any atom is -0.376 e. The number of rotatable bonds is 3. The zero-order valence-corrected chi connectivity index (χ0v) is 9.79. The zero-order valence-electron chi connectivity index (χ0n) is 9.79. The van der Waals surface area contributed by atoms with Crippen LogP contribution in [0.3, 0.4) is 0 Å². The van der Waals surface area contributed by atoms with Crippen LogP contribution in [0.2, 0.25) is 0 Å². The van der Waals surface area contributed by atoms with Crippen molar-refractivity contribution in [1.82, 2.24) is 9.97 Å². The molecule has 0 saturated carbocycles. The van der Waals surface area contributed by atoms with Gasteiger partial charge in [-0.2, -0.15) is 0 Å². The lowest BCUT2D eigenvalue weighted by molar-refractivity contribution is 0.109. The number of anilines is 1. The highest BCUT2D eigenvalue weighted by Gasteiger charge is 2.17. The molecular weight excluding hydrogens is 204 g/mol. The molecule has 0 bridgehead atoms. The summed E-state index contributed by atoms with van der Waals surface area (Å²) in [4.78, 5) is 8.86. The summed E-state index contributed by atoms with van der Waals surface area (Å²) >= 11 is 0. The van der Waals surface area contributed by atoms with Crippen LogP contribution in [-0.2, 0) is 17.8 Å².